The van der Waals surface area contributed by atoms with Crippen molar-refractivity contribution >= 4 is 21.9 Å². The highest BCUT2D eigenvalue weighted by Crippen LogP contribution is 2.18. The number of aromatic amines is 1. The third-order valence-corrected chi connectivity index (χ3v) is 3.45. The van der Waals surface area contributed by atoms with E-state index in [9.17, 15) is 9.18 Å². The van der Waals surface area contributed by atoms with Crippen molar-refractivity contribution < 1.29 is 4.39 Å². The number of pyridine rings is 1. The van der Waals surface area contributed by atoms with E-state index in [0.717, 1.165) is 11.0 Å². The molecule has 4 aromatic rings. The van der Waals surface area contributed by atoms with Crippen molar-refractivity contribution in [2.24, 2.45) is 0 Å². The van der Waals surface area contributed by atoms with Crippen LogP contribution in [0.15, 0.2) is 59.4 Å². The fraction of sp³-hybridized carbons (Fsp3) is 0. The molecule has 0 saturated carbocycles. The normalized spacial score (nSPS) is 11.3. The lowest BCUT2D eigenvalue weighted by atomic mass is 10.2. The first-order valence-corrected chi connectivity index (χ1v) is 6.49. The van der Waals surface area contributed by atoms with Gasteiger partial charge in [-0.05, 0) is 36.4 Å². The van der Waals surface area contributed by atoms with E-state index in [-0.39, 0.29) is 11.4 Å². The minimum Gasteiger partial charge on any atom is -0.323 e. The molecule has 0 aliphatic heterocycles. The number of nitrogens with one attached hydrogen (secondary N) is 1. The molecule has 0 atom stereocenters. The van der Waals surface area contributed by atoms with Crippen LogP contribution >= 0.6 is 0 Å². The molecule has 0 aliphatic rings. The molecule has 102 valence electrons. The number of benzene rings is 2. The lowest BCUT2D eigenvalue weighted by Gasteiger charge is -2.06. The van der Waals surface area contributed by atoms with E-state index < -0.39 is 0 Å². The zero-order chi connectivity index (χ0) is 14.4. The maximum atomic E-state index is 13.3. The number of rotatable bonds is 1. The van der Waals surface area contributed by atoms with Crippen LogP contribution in [0.25, 0.3) is 27.9 Å². The highest BCUT2D eigenvalue weighted by molar-refractivity contribution is 5.81. The second-order valence-corrected chi connectivity index (χ2v) is 4.79. The number of hydrogen-bond donors (Lipinski definition) is 1. The lowest BCUT2D eigenvalue weighted by Crippen LogP contribution is -2.18. The predicted molar refractivity (Wildman–Crippen MR) is 79.2 cm³/mol. The maximum absolute atomic E-state index is 13.3. The average molecular weight is 279 g/mol. The topological polar surface area (TPSA) is 50.7 Å². The monoisotopic (exact) mass is 279 g/mol. The minimum absolute atomic E-state index is 0.215. The van der Waals surface area contributed by atoms with Gasteiger partial charge in [0.25, 0.3) is 5.56 Å². The Morgan fingerprint density at radius 1 is 1.05 bits per heavy atom. The first-order chi connectivity index (χ1) is 10.2. The third kappa shape index (κ3) is 1.82. The Hall–Kier alpha value is -2.95. The Kier molecular flexibility index (Phi) is 2.41. The van der Waals surface area contributed by atoms with Crippen LogP contribution in [-0.4, -0.2) is 14.5 Å². The van der Waals surface area contributed by atoms with Crippen LogP contribution in [0.1, 0.15) is 0 Å². The predicted octanol–water partition coefficient (Wildman–Crippen LogP) is 3.01. The Balaban J connectivity index is 2.09. The van der Waals surface area contributed by atoms with Gasteiger partial charge in [-0.1, -0.05) is 12.1 Å². The van der Waals surface area contributed by atoms with Gasteiger partial charge in [-0.25, -0.2) is 13.9 Å². The molecule has 2 heterocycles. The van der Waals surface area contributed by atoms with Gasteiger partial charge in [-0.2, -0.15) is 0 Å². The molecule has 0 fully saturated rings. The van der Waals surface area contributed by atoms with Crippen LogP contribution < -0.4 is 5.56 Å². The molecule has 21 heavy (non-hydrogen) atoms. The first-order valence-electron chi connectivity index (χ1n) is 6.49. The van der Waals surface area contributed by atoms with E-state index >= 15 is 0 Å². The summed E-state index contributed by atoms with van der Waals surface area (Å²) in [6.07, 6.45) is 0. The molecular weight excluding hydrogens is 269 g/mol. The van der Waals surface area contributed by atoms with E-state index in [1.807, 2.05) is 24.3 Å². The number of H-pyrrole nitrogens is 1. The van der Waals surface area contributed by atoms with E-state index in [1.165, 1.54) is 22.8 Å². The Morgan fingerprint density at radius 2 is 1.90 bits per heavy atom. The van der Waals surface area contributed by atoms with Gasteiger partial charge in [0.1, 0.15) is 5.82 Å². The average Bonchev–Trinajstić information content (AvgIpc) is 2.90. The molecule has 1 N–H and O–H groups in total. The molecule has 0 spiro atoms. The molecule has 0 bridgehead atoms. The van der Waals surface area contributed by atoms with Gasteiger partial charge in [0.2, 0.25) is 5.95 Å². The van der Waals surface area contributed by atoms with Crippen LogP contribution in [-0.2, 0) is 0 Å². The molecule has 2 aromatic heterocycles. The summed E-state index contributed by atoms with van der Waals surface area (Å²) in [5.41, 5.74) is 2.02. The van der Waals surface area contributed by atoms with Crippen molar-refractivity contribution in [2.75, 3.05) is 0 Å². The van der Waals surface area contributed by atoms with Crippen molar-refractivity contribution in [3.63, 3.8) is 0 Å². The number of para-hydroxylation sites is 2. The third-order valence-electron chi connectivity index (χ3n) is 3.45. The zero-order valence-corrected chi connectivity index (χ0v) is 10.9. The highest BCUT2D eigenvalue weighted by atomic mass is 19.1. The fourth-order valence-electron chi connectivity index (χ4n) is 2.48. The van der Waals surface area contributed by atoms with Crippen molar-refractivity contribution in [1.82, 2.24) is 14.5 Å². The van der Waals surface area contributed by atoms with Gasteiger partial charge in [-0.15, -0.1) is 0 Å². The second-order valence-electron chi connectivity index (χ2n) is 4.79. The minimum atomic E-state index is -0.336. The Bertz CT molecular complexity index is 999. The zero-order valence-electron chi connectivity index (χ0n) is 10.9. The summed E-state index contributed by atoms with van der Waals surface area (Å²) in [6, 6.07) is 14.9. The summed E-state index contributed by atoms with van der Waals surface area (Å²) < 4.78 is 14.8. The molecule has 4 rings (SSSR count). The number of hydrogen-bond acceptors (Lipinski definition) is 2. The summed E-state index contributed by atoms with van der Waals surface area (Å²) in [5, 5.41) is 0.648. The van der Waals surface area contributed by atoms with Gasteiger partial charge < -0.3 is 4.98 Å². The number of halogens is 1. The van der Waals surface area contributed by atoms with Crippen LogP contribution in [0.2, 0.25) is 0 Å². The van der Waals surface area contributed by atoms with Crippen molar-refractivity contribution in [2.45, 2.75) is 0 Å². The van der Waals surface area contributed by atoms with Gasteiger partial charge in [0, 0.05) is 11.5 Å². The number of nitrogens with zero attached hydrogens (tertiary/aromatic N) is 2. The van der Waals surface area contributed by atoms with Crippen molar-refractivity contribution in [3.05, 3.63) is 70.8 Å². The fourth-order valence-corrected chi connectivity index (χ4v) is 2.48. The molecule has 0 aliphatic carbocycles. The summed E-state index contributed by atoms with van der Waals surface area (Å²) in [7, 11) is 0. The highest BCUT2D eigenvalue weighted by Gasteiger charge is 2.10. The van der Waals surface area contributed by atoms with Gasteiger partial charge >= 0.3 is 0 Å². The molecule has 0 saturated heterocycles. The Morgan fingerprint density at radius 3 is 2.76 bits per heavy atom. The van der Waals surface area contributed by atoms with Crippen LogP contribution in [0.3, 0.4) is 0 Å². The number of aromatic nitrogens is 3. The molecule has 0 radical (unpaired) electrons. The maximum Gasteiger partial charge on any atom is 0.257 e. The molecule has 4 nitrogen and oxygen atoms in total. The summed E-state index contributed by atoms with van der Waals surface area (Å²) in [4.78, 5) is 19.8. The van der Waals surface area contributed by atoms with E-state index in [0.29, 0.717) is 16.9 Å². The Labute approximate surface area is 118 Å². The van der Waals surface area contributed by atoms with Gasteiger partial charge in [-0.3, -0.25) is 4.79 Å². The molecule has 0 amide bonds. The van der Waals surface area contributed by atoms with E-state index in [2.05, 4.69) is 9.97 Å². The van der Waals surface area contributed by atoms with Crippen LogP contribution in [0, 0.1) is 5.82 Å². The molecule has 0 unspecified atom stereocenters. The number of fused-ring (bicyclic) bond motifs is 2. The van der Waals surface area contributed by atoms with Crippen molar-refractivity contribution in [1.29, 1.82) is 0 Å². The quantitative estimate of drug-likeness (QED) is 0.582. The van der Waals surface area contributed by atoms with Crippen molar-refractivity contribution in [3.8, 4) is 5.95 Å². The summed E-state index contributed by atoms with van der Waals surface area (Å²) in [5.74, 6) is 0.0933. The molecule has 2 aromatic carbocycles. The lowest BCUT2D eigenvalue weighted by molar-refractivity contribution is 0.629. The van der Waals surface area contributed by atoms with E-state index in [4.69, 9.17) is 0 Å². The standard InChI is InChI=1S/C16H10FN3O/c17-11-6-7-14-10(9-11)5-8-15(21)20(14)16-18-12-3-1-2-4-13(12)19-16/h1-9H,(H,18,19). The SMILES string of the molecule is O=c1ccc2cc(F)ccc2n1-c1nc2ccccc2[nH]1. The second kappa shape index (κ2) is 4.28. The molecular formula is C16H10FN3O. The summed E-state index contributed by atoms with van der Waals surface area (Å²) in [6.45, 7) is 0. The summed E-state index contributed by atoms with van der Waals surface area (Å²) >= 11 is 0. The van der Waals surface area contributed by atoms with Gasteiger partial charge in [0.05, 0.1) is 16.6 Å². The van der Waals surface area contributed by atoms with Crippen LogP contribution in [0.4, 0.5) is 4.39 Å². The first kappa shape index (κ1) is 11.8. The largest absolute Gasteiger partial charge is 0.323 e. The van der Waals surface area contributed by atoms with E-state index in [1.54, 1.807) is 12.1 Å². The van der Waals surface area contributed by atoms with Gasteiger partial charge in [0.15, 0.2) is 0 Å². The number of imidazole rings is 1. The van der Waals surface area contributed by atoms with Crippen LogP contribution in [0.5, 0.6) is 0 Å². The molecule has 5 heteroatoms. The smallest absolute Gasteiger partial charge is 0.257 e.